The Morgan fingerprint density at radius 2 is 1.03 bits per heavy atom. The lowest BCUT2D eigenvalue weighted by atomic mass is 9.90. The van der Waals surface area contributed by atoms with E-state index in [-0.39, 0.29) is 0 Å². The van der Waals surface area contributed by atoms with Gasteiger partial charge in [-0.2, -0.15) is 0 Å². The summed E-state index contributed by atoms with van der Waals surface area (Å²) >= 11 is 0. The van der Waals surface area contributed by atoms with Gasteiger partial charge in [0.2, 0.25) is 0 Å². The fourth-order valence-corrected chi connectivity index (χ4v) is 4.70. The van der Waals surface area contributed by atoms with Crippen LogP contribution in [0.25, 0.3) is 55.1 Å². The molecule has 6 heteroatoms. The van der Waals surface area contributed by atoms with Crippen LogP contribution < -0.4 is 11.3 Å². The van der Waals surface area contributed by atoms with Crippen molar-refractivity contribution in [3.63, 3.8) is 0 Å². The molecule has 0 saturated carbocycles. The number of hydrogen-bond donors (Lipinski definition) is 0. The minimum absolute atomic E-state index is 0.394. The van der Waals surface area contributed by atoms with Gasteiger partial charge in [0.1, 0.15) is 11.2 Å². The van der Waals surface area contributed by atoms with Crippen molar-refractivity contribution < 1.29 is 8.83 Å². The van der Waals surface area contributed by atoms with Crippen molar-refractivity contribution in [3.8, 4) is 11.4 Å². The van der Waals surface area contributed by atoms with Gasteiger partial charge in [-0.05, 0) is 60.4 Å². The molecule has 0 N–H and O–H groups in total. The Hall–Kier alpha value is -4.32. The molecule has 4 aromatic heterocycles. The molecule has 0 saturated heterocycles. The van der Waals surface area contributed by atoms with Crippen molar-refractivity contribution in [2.45, 2.75) is 12.8 Å². The second-order valence-electron chi connectivity index (χ2n) is 8.06. The van der Waals surface area contributed by atoms with Crippen LogP contribution in [0, 0.1) is 0 Å². The first-order valence-corrected chi connectivity index (χ1v) is 10.4. The Labute approximate surface area is 179 Å². The van der Waals surface area contributed by atoms with Crippen molar-refractivity contribution in [1.29, 1.82) is 0 Å². The maximum atomic E-state index is 12.6. The highest BCUT2D eigenvalue weighted by Gasteiger charge is 2.24. The van der Waals surface area contributed by atoms with Gasteiger partial charge in [0.05, 0.1) is 33.2 Å². The molecule has 0 unspecified atom stereocenters. The number of benzene rings is 2. The maximum absolute atomic E-state index is 12.6. The van der Waals surface area contributed by atoms with Gasteiger partial charge in [0.15, 0.2) is 0 Å². The summed E-state index contributed by atoms with van der Waals surface area (Å²) < 4.78 is 11.0. The number of rotatable bonds is 0. The third-order valence-electron chi connectivity index (χ3n) is 6.22. The maximum Gasteiger partial charge on any atom is 0.345 e. The summed E-state index contributed by atoms with van der Waals surface area (Å²) in [6, 6.07) is 18.5. The molecule has 7 rings (SSSR count). The fourth-order valence-electron chi connectivity index (χ4n) is 4.70. The molecule has 0 radical (unpaired) electrons. The van der Waals surface area contributed by atoms with Crippen LogP contribution in [0.4, 0.5) is 0 Å². The summed E-state index contributed by atoms with van der Waals surface area (Å²) in [4.78, 5) is 35.1. The van der Waals surface area contributed by atoms with E-state index in [9.17, 15) is 9.59 Å². The highest BCUT2D eigenvalue weighted by molar-refractivity contribution is 6.04. The normalized spacial score (nSPS) is 13.0. The van der Waals surface area contributed by atoms with Crippen LogP contribution in [0.15, 0.2) is 79.1 Å². The van der Waals surface area contributed by atoms with Crippen LogP contribution in [-0.4, -0.2) is 9.97 Å². The van der Waals surface area contributed by atoms with Gasteiger partial charge in [-0.25, -0.2) is 19.6 Å². The van der Waals surface area contributed by atoms with Crippen molar-refractivity contribution in [1.82, 2.24) is 9.97 Å². The molecule has 152 valence electrons. The highest BCUT2D eigenvalue weighted by atomic mass is 16.4. The summed E-state index contributed by atoms with van der Waals surface area (Å²) in [6.45, 7) is 0. The Bertz CT molecular complexity index is 1740. The van der Waals surface area contributed by atoms with Gasteiger partial charge in [-0.1, -0.05) is 24.3 Å². The van der Waals surface area contributed by atoms with E-state index < -0.39 is 11.3 Å². The number of pyridine rings is 2. The third kappa shape index (κ3) is 2.29. The quantitative estimate of drug-likeness (QED) is 0.261. The molecule has 2 aromatic carbocycles. The Morgan fingerprint density at radius 1 is 0.594 bits per heavy atom. The van der Waals surface area contributed by atoms with E-state index in [0.29, 0.717) is 45.8 Å². The lowest BCUT2D eigenvalue weighted by molar-refractivity contribution is 0.569. The summed E-state index contributed by atoms with van der Waals surface area (Å²) in [7, 11) is 0. The number of aromatic nitrogens is 2. The average Bonchev–Trinajstić information content (AvgIpc) is 2.82. The summed E-state index contributed by atoms with van der Waals surface area (Å²) in [5.41, 5.74) is 4.81. The lowest BCUT2D eigenvalue weighted by Crippen LogP contribution is -2.12. The minimum Gasteiger partial charge on any atom is -0.422 e. The number of aryl methyl sites for hydroxylation is 2. The largest absolute Gasteiger partial charge is 0.422 e. The highest BCUT2D eigenvalue weighted by Crippen LogP contribution is 2.36. The first-order valence-electron chi connectivity index (χ1n) is 10.4. The molecule has 0 bridgehead atoms. The van der Waals surface area contributed by atoms with Gasteiger partial charge in [-0.3, -0.25) is 0 Å². The second kappa shape index (κ2) is 6.11. The van der Waals surface area contributed by atoms with Crippen molar-refractivity contribution in [3.05, 3.63) is 92.6 Å². The smallest absolute Gasteiger partial charge is 0.345 e. The van der Waals surface area contributed by atoms with Crippen molar-refractivity contribution >= 4 is 43.7 Å². The van der Waals surface area contributed by atoms with Crippen molar-refractivity contribution in [2.75, 3.05) is 0 Å². The van der Waals surface area contributed by atoms with E-state index in [2.05, 4.69) is 0 Å². The zero-order valence-electron chi connectivity index (χ0n) is 16.7. The molecular weight excluding hydrogens is 404 g/mol. The van der Waals surface area contributed by atoms with Gasteiger partial charge in [0, 0.05) is 10.8 Å². The molecule has 0 atom stereocenters. The monoisotopic (exact) mass is 418 g/mol. The summed E-state index contributed by atoms with van der Waals surface area (Å²) in [5, 5.41) is 2.50. The van der Waals surface area contributed by atoms with E-state index in [0.717, 1.165) is 33.3 Å². The van der Waals surface area contributed by atoms with E-state index in [1.54, 1.807) is 12.1 Å². The third-order valence-corrected chi connectivity index (χ3v) is 6.22. The molecule has 6 nitrogen and oxygen atoms in total. The summed E-state index contributed by atoms with van der Waals surface area (Å²) in [5.74, 6) is 0. The SMILES string of the molecule is O=c1oc2ccccc2c2nc3c(cc12)CCc1cc2c(=O)oc4ccccc4c2nc1-3. The minimum atomic E-state index is -0.394. The summed E-state index contributed by atoms with van der Waals surface area (Å²) in [6.07, 6.45) is 1.40. The predicted octanol–water partition coefficient (Wildman–Crippen LogP) is 4.76. The van der Waals surface area contributed by atoms with Crippen LogP contribution in [0.1, 0.15) is 11.1 Å². The van der Waals surface area contributed by atoms with Crippen LogP contribution >= 0.6 is 0 Å². The van der Waals surface area contributed by atoms with E-state index in [1.165, 1.54) is 0 Å². The van der Waals surface area contributed by atoms with Crippen molar-refractivity contribution in [2.24, 2.45) is 0 Å². The lowest BCUT2D eigenvalue weighted by Gasteiger charge is -2.19. The molecule has 0 aliphatic heterocycles. The Balaban J connectivity index is 1.62. The molecule has 1 aliphatic rings. The van der Waals surface area contributed by atoms with E-state index >= 15 is 0 Å². The van der Waals surface area contributed by atoms with Gasteiger partial charge in [0.25, 0.3) is 0 Å². The van der Waals surface area contributed by atoms with Gasteiger partial charge >= 0.3 is 11.3 Å². The van der Waals surface area contributed by atoms with E-state index in [4.69, 9.17) is 18.8 Å². The number of hydrogen-bond acceptors (Lipinski definition) is 6. The van der Waals surface area contributed by atoms with Crippen LogP contribution in [-0.2, 0) is 12.8 Å². The molecule has 4 heterocycles. The molecule has 0 fully saturated rings. The van der Waals surface area contributed by atoms with Gasteiger partial charge in [-0.15, -0.1) is 0 Å². The zero-order valence-corrected chi connectivity index (χ0v) is 16.7. The standard InChI is InChI=1S/C26H14N2O4/c29-25-17-11-13-9-10-14-12-18-24(16-6-2-4-8-20(16)32-26(18)30)28-22(14)21(13)27-23(17)15-5-1-3-7-19(15)31-25/h1-8,11-12H,9-10H2. The molecule has 6 aromatic rings. The van der Waals surface area contributed by atoms with E-state index in [1.807, 2.05) is 48.5 Å². The van der Waals surface area contributed by atoms with Crippen LogP contribution in [0.3, 0.4) is 0 Å². The number of fused-ring (bicyclic) bond motifs is 9. The van der Waals surface area contributed by atoms with Crippen LogP contribution in [0.5, 0.6) is 0 Å². The molecule has 32 heavy (non-hydrogen) atoms. The molecule has 0 amide bonds. The first kappa shape index (κ1) is 17.4. The first-order chi connectivity index (χ1) is 15.7. The van der Waals surface area contributed by atoms with Crippen LogP contribution in [0.2, 0.25) is 0 Å². The number of nitrogens with zero attached hydrogens (tertiary/aromatic N) is 2. The zero-order chi connectivity index (χ0) is 21.4. The predicted molar refractivity (Wildman–Crippen MR) is 122 cm³/mol. The second-order valence-corrected chi connectivity index (χ2v) is 8.06. The van der Waals surface area contributed by atoms with Gasteiger partial charge < -0.3 is 8.83 Å². The molecular formula is C26H14N2O4. The molecule has 0 spiro atoms. The Kier molecular flexibility index (Phi) is 3.31. The average molecular weight is 418 g/mol. The number of para-hydroxylation sites is 2. The fraction of sp³-hybridized carbons (Fsp3) is 0.0769. The Morgan fingerprint density at radius 3 is 1.50 bits per heavy atom. The molecule has 1 aliphatic carbocycles. The topological polar surface area (TPSA) is 86.2 Å².